The maximum absolute atomic E-state index is 11.6. The van der Waals surface area contributed by atoms with Gasteiger partial charge in [0.15, 0.2) is 0 Å². The number of hydrogen-bond acceptors (Lipinski definition) is 3. The molecule has 22 heavy (non-hydrogen) atoms. The monoisotopic (exact) mass is 295 g/mol. The molecule has 1 heterocycles. The fourth-order valence-electron chi connectivity index (χ4n) is 2.70. The van der Waals surface area contributed by atoms with Gasteiger partial charge in [0.05, 0.1) is 37.4 Å². The molecule has 0 unspecified atom stereocenters. The number of pyridine rings is 1. The summed E-state index contributed by atoms with van der Waals surface area (Å²) in [5.41, 5.74) is 3.09. The maximum atomic E-state index is 11.6. The number of anilines is 1. The predicted octanol–water partition coefficient (Wildman–Crippen LogP) is 3.76. The summed E-state index contributed by atoms with van der Waals surface area (Å²) >= 11 is 0. The minimum atomic E-state index is -0.250. The predicted molar refractivity (Wildman–Crippen MR) is 92.7 cm³/mol. The van der Waals surface area contributed by atoms with E-state index in [1.165, 1.54) is 0 Å². The van der Waals surface area contributed by atoms with E-state index in [2.05, 4.69) is 17.4 Å². The van der Waals surface area contributed by atoms with E-state index in [1.807, 2.05) is 36.4 Å². The molecule has 0 atom stereocenters. The van der Waals surface area contributed by atoms with Gasteiger partial charge in [-0.05, 0) is 12.1 Å². The van der Waals surface area contributed by atoms with Crippen LogP contribution in [0.5, 0.6) is 0 Å². The number of aromatic nitrogens is 1. The summed E-state index contributed by atoms with van der Waals surface area (Å²) in [7, 11) is 3.36. The zero-order chi connectivity index (χ0) is 15.6. The Kier molecular flexibility index (Phi) is 3.96. The van der Waals surface area contributed by atoms with Gasteiger partial charge >= 0.3 is 0 Å². The van der Waals surface area contributed by atoms with Gasteiger partial charge < -0.3 is 15.2 Å². The van der Waals surface area contributed by atoms with Gasteiger partial charge in [0.25, 0.3) is 0 Å². The van der Waals surface area contributed by atoms with Crippen molar-refractivity contribution in [3.63, 3.8) is 0 Å². The number of para-hydroxylation sites is 2. The molecule has 0 amide bonds. The van der Waals surface area contributed by atoms with E-state index in [0.29, 0.717) is 6.54 Å². The van der Waals surface area contributed by atoms with Crippen molar-refractivity contribution < 1.29 is 4.65 Å². The second-order valence-corrected chi connectivity index (χ2v) is 6.10. The number of hydroxylamine groups is 3. The number of nitrogens with one attached hydrogen (secondary N) is 1. The zero-order valence-electron chi connectivity index (χ0n) is 13.0. The Bertz CT molecular complexity index is 739. The molecule has 0 fully saturated rings. The standard InChI is InChI=1S/C18H21N3O/c1-21(2,22)13-7-12-19-18-14-8-3-5-10-16(14)20-17-11-6-4-9-15(17)18/h3-6,8-11H,7,12-13H2,1-2H3,(H,19,20). The van der Waals surface area contributed by atoms with Crippen molar-refractivity contribution in [3.05, 3.63) is 53.7 Å². The Morgan fingerprint density at radius 3 is 2.05 bits per heavy atom. The van der Waals surface area contributed by atoms with Crippen LogP contribution in [0.2, 0.25) is 0 Å². The van der Waals surface area contributed by atoms with Gasteiger partial charge in [-0.15, -0.1) is 0 Å². The molecule has 3 aromatic rings. The van der Waals surface area contributed by atoms with E-state index in [4.69, 9.17) is 4.98 Å². The average Bonchev–Trinajstić information content (AvgIpc) is 2.49. The molecular weight excluding hydrogens is 274 g/mol. The van der Waals surface area contributed by atoms with Crippen LogP contribution >= 0.6 is 0 Å². The van der Waals surface area contributed by atoms with E-state index >= 15 is 0 Å². The largest absolute Gasteiger partial charge is 0.633 e. The molecule has 0 aliphatic heterocycles. The number of quaternary nitrogens is 1. The van der Waals surface area contributed by atoms with E-state index in [9.17, 15) is 5.21 Å². The van der Waals surface area contributed by atoms with Crippen molar-refractivity contribution in [2.45, 2.75) is 6.42 Å². The first-order valence-electron chi connectivity index (χ1n) is 7.60. The lowest BCUT2D eigenvalue weighted by molar-refractivity contribution is -0.839. The summed E-state index contributed by atoms with van der Waals surface area (Å²) < 4.78 is -0.250. The number of nitrogens with zero attached hydrogens (tertiary/aromatic N) is 2. The van der Waals surface area contributed by atoms with Gasteiger partial charge in [-0.2, -0.15) is 0 Å². The van der Waals surface area contributed by atoms with Crippen LogP contribution in [0, 0.1) is 5.21 Å². The van der Waals surface area contributed by atoms with Crippen LogP contribution < -0.4 is 5.32 Å². The molecule has 1 N–H and O–H groups in total. The molecular formula is C18H21N3O. The Balaban J connectivity index is 1.94. The second-order valence-electron chi connectivity index (χ2n) is 6.10. The van der Waals surface area contributed by atoms with Gasteiger partial charge in [-0.1, -0.05) is 36.4 Å². The van der Waals surface area contributed by atoms with Gasteiger partial charge in [-0.25, -0.2) is 4.98 Å². The van der Waals surface area contributed by atoms with Crippen LogP contribution in [-0.2, 0) is 0 Å². The normalized spacial score (nSPS) is 12.0. The van der Waals surface area contributed by atoms with Crippen LogP contribution in [0.25, 0.3) is 21.8 Å². The first-order chi connectivity index (χ1) is 10.5. The average molecular weight is 295 g/mol. The van der Waals surface area contributed by atoms with Gasteiger partial charge in [0.2, 0.25) is 0 Å². The molecule has 4 heteroatoms. The van der Waals surface area contributed by atoms with Crippen molar-refractivity contribution in [2.24, 2.45) is 0 Å². The van der Waals surface area contributed by atoms with Gasteiger partial charge in [0.1, 0.15) is 0 Å². The highest BCUT2D eigenvalue weighted by Gasteiger charge is 2.08. The maximum Gasteiger partial charge on any atom is 0.0796 e. The Morgan fingerprint density at radius 1 is 0.955 bits per heavy atom. The number of benzene rings is 2. The smallest absolute Gasteiger partial charge is 0.0796 e. The topological polar surface area (TPSA) is 48.0 Å². The van der Waals surface area contributed by atoms with E-state index < -0.39 is 0 Å². The van der Waals surface area contributed by atoms with Crippen LogP contribution in [-0.4, -0.2) is 36.8 Å². The summed E-state index contributed by atoms with van der Waals surface area (Å²) in [6.45, 7) is 1.38. The van der Waals surface area contributed by atoms with Crippen LogP contribution in [0.3, 0.4) is 0 Å². The lowest BCUT2D eigenvalue weighted by Crippen LogP contribution is -2.34. The van der Waals surface area contributed by atoms with E-state index in [1.54, 1.807) is 14.1 Å². The quantitative estimate of drug-likeness (QED) is 0.337. The summed E-state index contributed by atoms with van der Waals surface area (Å²) in [6.07, 6.45) is 0.835. The van der Waals surface area contributed by atoms with Crippen molar-refractivity contribution in [1.82, 2.24) is 4.98 Å². The lowest BCUT2D eigenvalue weighted by atomic mass is 10.1. The van der Waals surface area contributed by atoms with Crippen molar-refractivity contribution >= 4 is 27.5 Å². The molecule has 2 aromatic carbocycles. The molecule has 4 nitrogen and oxygen atoms in total. The number of fused-ring (bicyclic) bond motifs is 2. The minimum Gasteiger partial charge on any atom is -0.633 e. The zero-order valence-corrected chi connectivity index (χ0v) is 13.0. The third-order valence-electron chi connectivity index (χ3n) is 3.76. The van der Waals surface area contributed by atoms with E-state index in [-0.39, 0.29) is 4.65 Å². The SMILES string of the molecule is C[N+](C)([O-])CCCNc1c2ccccc2nc2ccccc12. The highest BCUT2D eigenvalue weighted by atomic mass is 16.5. The Morgan fingerprint density at radius 2 is 1.50 bits per heavy atom. The third kappa shape index (κ3) is 3.18. The van der Waals surface area contributed by atoms with Crippen molar-refractivity contribution in [2.75, 3.05) is 32.5 Å². The third-order valence-corrected chi connectivity index (χ3v) is 3.76. The summed E-state index contributed by atoms with van der Waals surface area (Å²) in [5, 5.41) is 17.4. The first-order valence-corrected chi connectivity index (χ1v) is 7.60. The molecule has 0 radical (unpaired) electrons. The fourth-order valence-corrected chi connectivity index (χ4v) is 2.70. The van der Waals surface area contributed by atoms with Crippen LogP contribution in [0.1, 0.15) is 6.42 Å². The molecule has 114 valence electrons. The van der Waals surface area contributed by atoms with Crippen molar-refractivity contribution in [1.29, 1.82) is 0 Å². The minimum absolute atomic E-state index is 0.250. The highest BCUT2D eigenvalue weighted by molar-refractivity contribution is 6.07. The van der Waals surface area contributed by atoms with Gasteiger partial charge in [0, 0.05) is 23.7 Å². The fraction of sp³-hybridized carbons (Fsp3) is 0.278. The molecule has 0 spiro atoms. The molecule has 0 aliphatic carbocycles. The Labute approximate surface area is 130 Å². The van der Waals surface area contributed by atoms with Crippen LogP contribution in [0.4, 0.5) is 5.69 Å². The Hall–Kier alpha value is -2.17. The van der Waals surface area contributed by atoms with Crippen molar-refractivity contribution in [3.8, 4) is 0 Å². The number of rotatable bonds is 5. The molecule has 0 saturated heterocycles. The molecule has 0 bridgehead atoms. The van der Waals surface area contributed by atoms with Crippen LogP contribution in [0.15, 0.2) is 48.5 Å². The molecule has 3 rings (SSSR count). The number of hydrogen-bond donors (Lipinski definition) is 1. The molecule has 0 saturated carbocycles. The van der Waals surface area contributed by atoms with Gasteiger partial charge in [-0.3, -0.25) is 0 Å². The first kappa shape index (κ1) is 14.8. The summed E-state index contributed by atoms with van der Waals surface area (Å²) in [5.74, 6) is 0. The summed E-state index contributed by atoms with van der Waals surface area (Å²) in [4.78, 5) is 4.71. The van der Waals surface area contributed by atoms with E-state index in [0.717, 1.165) is 40.5 Å². The molecule has 0 aliphatic rings. The summed E-state index contributed by atoms with van der Waals surface area (Å²) in [6, 6.07) is 16.3. The molecule has 1 aromatic heterocycles. The highest BCUT2D eigenvalue weighted by Crippen LogP contribution is 2.30. The lowest BCUT2D eigenvalue weighted by Gasteiger charge is -2.33. The second kappa shape index (κ2) is 5.91.